The van der Waals surface area contributed by atoms with E-state index in [4.69, 9.17) is 4.74 Å². The van der Waals surface area contributed by atoms with Gasteiger partial charge in [0, 0.05) is 26.7 Å². The molecule has 116 valence electrons. The fourth-order valence-corrected chi connectivity index (χ4v) is 2.53. The number of carbonyl (C=O) groups excluding carboxylic acids is 1. The normalized spacial score (nSPS) is 18.9. The molecule has 1 atom stereocenters. The molecule has 0 spiro atoms. The molecule has 0 aliphatic carbocycles. The van der Waals surface area contributed by atoms with Crippen molar-refractivity contribution in [1.29, 1.82) is 0 Å². The molecule has 6 heteroatoms. The third-order valence-electron chi connectivity index (χ3n) is 3.74. The van der Waals surface area contributed by atoms with Crippen LogP contribution in [0.3, 0.4) is 0 Å². The second-order valence-corrected chi connectivity index (χ2v) is 5.32. The summed E-state index contributed by atoms with van der Waals surface area (Å²) < 4.78 is 18.2. The number of hydrogen-bond donors (Lipinski definition) is 2. The summed E-state index contributed by atoms with van der Waals surface area (Å²) >= 11 is 0. The summed E-state index contributed by atoms with van der Waals surface area (Å²) in [4.78, 5) is 14.2. The summed E-state index contributed by atoms with van der Waals surface area (Å²) in [6, 6.07) is 3.35. The summed E-state index contributed by atoms with van der Waals surface area (Å²) in [5, 5.41) is 12.3. The van der Waals surface area contributed by atoms with Crippen molar-refractivity contribution in [3.05, 3.63) is 29.6 Å². The lowest BCUT2D eigenvalue weighted by molar-refractivity contribution is 0.0943. The van der Waals surface area contributed by atoms with E-state index in [1.54, 1.807) is 7.11 Å². The Hall–Kier alpha value is -1.66. The van der Waals surface area contributed by atoms with E-state index in [0.29, 0.717) is 19.1 Å². The Balaban J connectivity index is 1.81. The van der Waals surface area contributed by atoms with E-state index in [9.17, 15) is 14.3 Å². The second kappa shape index (κ2) is 7.38. The smallest absolute Gasteiger partial charge is 0.255 e. The van der Waals surface area contributed by atoms with Crippen molar-refractivity contribution in [2.45, 2.75) is 6.42 Å². The van der Waals surface area contributed by atoms with Crippen LogP contribution in [0.15, 0.2) is 18.2 Å². The standard InChI is InChI=1S/C15H21FN2O3/c1-21-7-6-18-5-4-11(10-18)9-17-15(20)13-8-12(16)2-3-14(13)19/h2-3,8,11,19H,4-7,9-10H2,1H3,(H,17,20)/t11-/m0/s1. The predicted molar refractivity (Wildman–Crippen MR) is 76.8 cm³/mol. The first-order valence-electron chi connectivity index (χ1n) is 7.08. The summed E-state index contributed by atoms with van der Waals surface area (Å²) in [5.41, 5.74) is -0.0239. The number of amides is 1. The van der Waals surface area contributed by atoms with Gasteiger partial charge < -0.3 is 20.1 Å². The van der Waals surface area contributed by atoms with Crippen molar-refractivity contribution in [2.75, 3.05) is 39.9 Å². The Bertz CT molecular complexity index is 496. The van der Waals surface area contributed by atoms with Crippen LogP contribution in [0, 0.1) is 11.7 Å². The minimum Gasteiger partial charge on any atom is -0.507 e. The van der Waals surface area contributed by atoms with Crippen LogP contribution in [0.25, 0.3) is 0 Å². The zero-order chi connectivity index (χ0) is 15.2. The van der Waals surface area contributed by atoms with Gasteiger partial charge in [-0.15, -0.1) is 0 Å². The first-order chi connectivity index (χ1) is 10.1. The molecule has 1 aromatic carbocycles. The Kier molecular flexibility index (Phi) is 5.52. The molecule has 0 aromatic heterocycles. The van der Waals surface area contributed by atoms with Gasteiger partial charge in [0.2, 0.25) is 0 Å². The van der Waals surface area contributed by atoms with Gasteiger partial charge in [0.05, 0.1) is 12.2 Å². The van der Waals surface area contributed by atoms with Crippen LogP contribution in [0.5, 0.6) is 5.75 Å². The van der Waals surface area contributed by atoms with E-state index in [1.165, 1.54) is 6.07 Å². The molecule has 1 saturated heterocycles. The van der Waals surface area contributed by atoms with Gasteiger partial charge in [0.25, 0.3) is 5.91 Å². The summed E-state index contributed by atoms with van der Waals surface area (Å²) in [7, 11) is 1.68. The third kappa shape index (κ3) is 4.41. The van der Waals surface area contributed by atoms with Gasteiger partial charge in [0.1, 0.15) is 11.6 Å². The molecule has 0 unspecified atom stereocenters. The van der Waals surface area contributed by atoms with Crippen molar-refractivity contribution in [3.8, 4) is 5.75 Å². The largest absolute Gasteiger partial charge is 0.507 e. The van der Waals surface area contributed by atoms with Crippen LogP contribution < -0.4 is 5.32 Å². The van der Waals surface area contributed by atoms with E-state index in [1.807, 2.05) is 0 Å². The highest BCUT2D eigenvalue weighted by Crippen LogP contribution is 2.19. The molecule has 1 aliphatic heterocycles. The van der Waals surface area contributed by atoms with E-state index >= 15 is 0 Å². The Labute approximate surface area is 123 Å². The Morgan fingerprint density at radius 2 is 2.38 bits per heavy atom. The van der Waals surface area contributed by atoms with Crippen molar-refractivity contribution in [2.24, 2.45) is 5.92 Å². The van der Waals surface area contributed by atoms with Gasteiger partial charge in [-0.25, -0.2) is 4.39 Å². The van der Waals surface area contributed by atoms with Crippen molar-refractivity contribution < 1.29 is 19.0 Å². The Morgan fingerprint density at radius 1 is 1.57 bits per heavy atom. The van der Waals surface area contributed by atoms with Crippen molar-refractivity contribution >= 4 is 5.91 Å². The van der Waals surface area contributed by atoms with Crippen molar-refractivity contribution in [1.82, 2.24) is 10.2 Å². The zero-order valence-corrected chi connectivity index (χ0v) is 12.1. The van der Waals surface area contributed by atoms with Gasteiger partial charge in [-0.3, -0.25) is 4.79 Å². The van der Waals surface area contributed by atoms with E-state index in [0.717, 1.165) is 38.2 Å². The molecule has 5 nitrogen and oxygen atoms in total. The summed E-state index contributed by atoms with van der Waals surface area (Å²) in [5.74, 6) is -0.810. The maximum Gasteiger partial charge on any atom is 0.255 e. The summed E-state index contributed by atoms with van der Waals surface area (Å²) in [6.45, 7) is 4.04. The first-order valence-corrected chi connectivity index (χ1v) is 7.08. The average Bonchev–Trinajstić information content (AvgIpc) is 2.93. The van der Waals surface area contributed by atoms with Crippen LogP contribution in [0.4, 0.5) is 4.39 Å². The van der Waals surface area contributed by atoms with Crippen LogP contribution in [0.2, 0.25) is 0 Å². The molecule has 2 rings (SSSR count). The summed E-state index contributed by atoms with van der Waals surface area (Å²) in [6.07, 6.45) is 1.01. The van der Waals surface area contributed by atoms with Gasteiger partial charge in [0.15, 0.2) is 0 Å². The number of carbonyl (C=O) groups is 1. The lowest BCUT2D eigenvalue weighted by Crippen LogP contribution is -2.31. The average molecular weight is 296 g/mol. The van der Waals surface area contributed by atoms with Crippen molar-refractivity contribution in [3.63, 3.8) is 0 Å². The predicted octanol–water partition coefficient (Wildman–Crippen LogP) is 1.23. The van der Waals surface area contributed by atoms with E-state index in [-0.39, 0.29) is 11.3 Å². The molecular formula is C15H21FN2O3. The molecule has 1 aromatic rings. The quantitative estimate of drug-likeness (QED) is 0.829. The maximum absolute atomic E-state index is 13.1. The molecule has 21 heavy (non-hydrogen) atoms. The van der Waals surface area contributed by atoms with Gasteiger partial charge in [-0.1, -0.05) is 0 Å². The number of phenols is 1. The SMILES string of the molecule is COCCN1CC[C@@H](CNC(=O)c2cc(F)ccc2O)C1. The number of aromatic hydroxyl groups is 1. The topological polar surface area (TPSA) is 61.8 Å². The highest BCUT2D eigenvalue weighted by atomic mass is 19.1. The number of halogens is 1. The fourth-order valence-electron chi connectivity index (χ4n) is 2.53. The minimum atomic E-state index is -0.537. The lowest BCUT2D eigenvalue weighted by Gasteiger charge is -2.15. The van der Waals surface area contributed by atoms with E-state index in [2.05, 4.69) is 10.2 Å². The number of rotatable bonds is 6. The number of ether oxygens (including phenoxy) is 1. The molecule has 2 N–H and O–H groups in total. The van der Waals surface area contributed by atoms with Gasteiger partial charge >= 0.3 is 0 Å². The van der Waals surface area contributed by atoms with Crippen LogP contribution in [-0.4, -0.2) is 55.8 Å². The number of benzene rings is 1. The highest BCUT2D eigenvalue weighted by Gasteiger charge is 2.23. The number of methoxy groups -OCH3 is 1. The van der Waals surface area contributed by atoms with Crippen LogP contribution in [-0.2, 0) is 4.74 Å². The Morgan fingerprint density at radius 3 is 3.14 bits per heavy atom. The van der Waals surface area contributed by atoms with Gasteiger partial charge in [-0.05, 0) is 37.1 Å². The first kappa shape index (κ1) is 15.7. The second-order valence-electron chi connectivity index (χ2n) is 5.32. The number of phenolic OH excluding ortho intramolecular Hbond substituents is 1. The lowest BCUT2D eigenvalue weighted by atomic mass is 10.1. The molecule has 1 aliphatic rings. The van der Waals surface area contributed by atoms with E-state index < -0.39 is 11.7 Å². The molecule has 1 fully saturated rings. The minimum absolute atomic E-state index is 0.0239. The number of hydrogen-bond acceptors (Lipinski definition) is 4. The molecule has 1 amide bonds. The maximum atomic E-state index is 13.1. The monoisotopic (exact) mass is 296 g/mol. The number of likely N-dealkylation sites (tertiary alicyclic amines) is 1. The number of nitrogens with one attached hydrogen (secondary N) is 1. The van der Waals surface area contributed by atoms with Gasteiger partial charge in [-0.2, -0.15) is 0 Å². The fraction of sp³-hybridized carbons (Fsp3) is 0.533. The molecule has 0 radical (unpaired) electrons. The molecule has 0 saturated carbocycles. The molecule has 1 heterocycles. The third-order valence-corrected chi connectivity index (χ3v) is 3.74. The highest BCUT2D eigenvalue weighted by molar-refractivity contribution is 5.96. The van der Waals surface area contributed by atoms with Crippen LogP contribution >= 0.6 is 0 Å². The molecule has 0 bridgehead atoms. The zero-order valence-electron chi connectivity index (χ0n) is 12.1. The number of nitrogens with zero attached hydrogens (tertiary/aromatic N) is 1. The van der Waals surface area contributed by atoms with Crippen LogP contribution in [0.1, 0.15) is 16.8 Å². The molecular weight excluding hydrogens is 275 g/mol.